The van der Waals surface area contributed by atoms with Gasteiger partial charge in [0.1, 0.15) is 0 Å². The van der Waals surface area contributed by atoms with Gasteiger partial charge in [0.25, 0.3) is 0 Å². The van der Waals surface area contributed by atoms with Crippen molar-refractivity contribution >= 4 is 17.7 Å². The third-order valence-corrected chi connectivity index (χ3v) is 3.40. The van der Waals surface area contributed by atoms with E-state index in [2.05, 4.69) is 5.32 Å². The zero-order valence-corrected chi connectivity index (χ0v) is 11.1. The van der Waals surface area contributed by atoms with Gasteiger partial charge in [-0.25, -0.2) is 0 Å². The van der Waals surface area contributed by atoms with E-state index in [1.165, 1.54) is 0 Å². The summed E-state index contributed by atoms with van der Waals surface area (Å²) in [6.45, 7) is 0. The van der Waals surface area contributed by atoms with E-state index in [9.17, 15) is 4.79 Å². The SMILES string of the molecule is COC1CCC(NC(=O)/C=C/c2cccc(N)c2)C1. The molecule has 102 valence electrons. The number of methoxy groups -OCH3 is 1. The Morgan fingerprint density at radius 3 is 3.00 bits per heavy atom. The number of nitrogens with two attached hydrogens (primary N) is 1. The molecule has 2 atom stereocenters. The molecule has 0 aliphatic heterocycles. The van der Waals surface area contributed by atoms with Gasteiger partial charge in [-0.05, 0) is 43.0 Å². The molecule has 0 heterocycles. The van der Waals surface area contributed by atoms with Crippen LogP contribution in [0.15, 0.2) is 30.3 Å². The summed E-state index contributed by atoms with van der Waals surface area (Å²) in [7, 11) is 1.72. The number of nitrogens with one attached hydrogen (secondary N) is 1. The lowest BCUT2D eigenvalue weighted by Crippen LogP contribution is -2.31. The molecule has 1 aliphatic rings. The van der Waals surface area contributed by atoms with Gasteiger partial charge in [0, 0.05) is 24.9 Å². The van der Waals surface area contributed by atoms with E-state index < -0.39 is 0 Å². The predicted octanol–water partition coefficient (Wildman–Crippen LogP) is 1.97. The number of nitrogen functional groups attached to an aromatic ring is 1. The molecule has 1 aliphatic carbocycles. The highest BCUT2D eigenvalue weighted by atomic mass is 16.5. The van der Waals surface area contributed by atoms with Crippen molar-refractivity contribution in [1.29, 1.82) is 0 Å². The van der Waals surface area contributed by atoms with Crippen LogP contribution in [0.3, 0.4) is 0 Å². The minimum Gasteiger partial charge on any atom is -0.399 e. The maximum absolute atomic E-state index is 11.8. The largest absolute Gasteiger partial charge is 0.399 e. The van der Waals surface area contributed by atoms with E-state index in [4.69, 9.17) is 10.5 Å². The van der Waals surface area contributed by atoms with Crippen molar-refractivity contribution in [1.82, 2.24) is 5.32 Å². The van der Waals surface area contributed by atoms with Crippen molar-refractivity contribution in [3.05, 3.63) is 35.9 Å². The van der Waals surface area contributed by atoms with Crippen molar-refractivity contribution in [3.8, 4) is 0 Å². The second kappa shape index (κ2) is 6.38. The monoisotopic (exact) mass is 260 g/mol. The van der Waals surface area contributed by atoms with Crippen LogP contribution in [-0.2, 0) is 9.53 Å². The number of carbonyl (C=O) groups excluding carboxylic acids is 1. The third-order valence-electron chi connectivity index (χ3n) is 3.40. The van der Waals surface area contributed by atoms with Gasteiger partial charge in [0.05, 0.1) is 6.10 Å². The summed E-state index contributed by atoms with van der Waals surface area (Å²) in [6.07, 6.45) is 6.50. The molecule has 2 rings (SSSR count). The quantitative estimate of drug-likeness (QED) is 0.642. The van der Waals surface area contributed by atoms with Crippen LogP contribution in [0, 0.1) is 0 Å². The van der Waals surface area contributed by atoms with Gasteiger partial charge in [-0.15, -0.1) is 0 Å². The summed E-state index contributed by atoms with van der Waals surface area (Å²) in [5.41, 5.74) is 7.30. The maximum Gasteiger partial charge on any atom is 0.244 e. The van der Waals surface area contributed by atoms with Crippen LogP contribution in [0.1, 0.15) is 24.8 Å². The molecule has 4 heteroatoms. The minimum atomic E-state index is -0.0656. The molecular weight excluding hydrogens is 240 g/mol. The molecule has 1 fully saturated rings. The molecule has 3 N–H and O–H groups in total. The zero-order chi connectivity index (χ0) is 13.7. The topological polar surface area (TPSA) is 64.3 Å². The van der Waals surface area contributed by atoms with Crippen LogP contribution in [0.4, 0.5) is 5.69 Å². The molecule has 0 saturated heterocycles. The summed E-state index contributed by atoms with van der Waals surface area (Å²) < 4.78 is 5.28. The van der Waals surface area contributed by atoms with E-state index >= 15 is 0 Å². The number of benzene rings is 1. The van der Waals surface area contributed by atoms with Crippen LogP contribution in [0.5, 0.6) is 0 Å². The molecule has 1 saturated carbocycles. The Balaban J connectivity index is 1.84. The summed E-state index contributed by atoms with van der Waals surface area (Å²) in [4.78, 5) is 11.8. The summed E-state index contributed by atoms with van der Waals surface area (Å²) in [6, 6.07) is 7.66. The van der Waals surface area contributed by atoms with Gasteiger partial charge >= 0.3 is 0 Å². The minimum absolute atomic E-state index is 0.0656. The van der Waals surface area contributed by atoms with E-state index in [0.29, 0.717) is 5.69 Å². The number of amides is 1. The van der Waals surface area contributed by atoms with Gasteiger partial charge < -0.3 is 15.8 Å². The van der Waals surface area contributed by atoms with Crippen LogP contribution in [0.25, 0.3) is 6.08 Å². The molecule has 1 aromatic carbocycles. The number of rotatable bonds is 4. The fourth-order valence-electron chi connectivity index (χ4n) is 2.37. The van der Waals surface area contributed by atoms with Crippen molar-refractivity contribution in [3.63, 3.8) is 0 Å². The summed E-state index contributed by atoms with van der Waals surface area (Å²) in [5.74, 6) is -0.0656. The molecule has 1 aromatic rings. The molecule has 1 amide bonds. The van der Waals surface area contributed by atoms with Gasteiger partial charge in [-0.3, -0.25) is 4.79 Å². The van der Waals surface area contributed by atoms with Crippen LogP contribution >= 0.6 is 0 Å². The molecular formula is C15H20N2O2. The van der Waals surface area contributed by atoms with Gasteiger partial charge in [-0.2, -0.15) is 0 Å². The lowest BCUT2D eigenvalue weighted by molar-refractivity contribution is -0.117. The van der Waals surface area contributed by atoms with Crippen molar-refractivity contribution in [2.24, 2.45) is 0 Å². The Hall–Kier alpha value is -1.81. The van der Waals surface area contributed by atoms with Gasteiger partial charge in [0.15, 0.2) is 0 Å². The Bertz CT molecular complexity index is 471. The number of ether oxygens (including phenoxy) is 1. The van der Waals surface area contributed by atoms with Crippen molar-refractivity contribution in [2.45, 2.75) is 31.4 Å². The Labute approximate surface area is 113 Å². The second-order valence-electron chi connectivity index (χ2n) is 4.88. The molecule has 0 spiro atoms. The summed E-state index contributed by atoms with van der Waals surface area (Å²) >= 11 is 0. The average molecular weight is 260 g/mol. The molecule has 2 unspecified atom stereocenters. The standard InChI is InChI=1S/C15H20N2O2/c1-19-14-7-6-13(10-14)17-15(18)8-5-11-3-2-4-12(16)9-11/h2-5,8-9,13-14H,6-7,10,16H2,1H3,(H,17,18)/b8-5+. The Morgan fingerprint density at radius 1 is 1.47 bits per heavy atom. The first-order valence-electron chi connectivity index (χ1n) is 6.54. The van der Waals surface area contributed by atoms with Crippen molar-refractivity contribution in [2.75, 3.05) is 12.8 Å². The molecule has 0 bridgehead atoms. The summed E-state index contributed by atoms with van der Waals surface area (Å²) in [5, 5.41) is 2.99. The van der Waals surface area contributed by atoms with Crippen LogP contribution in [0.2, 0.25) is 0 Å². The van der Waals surface area contributed by atoms with E-state index in [0.717, 1.165) is 24.8 Å². The van der Waals surface area contributed by atoms with E-state index in [-0.39, 0.29) is 18.1 Å². The normalized spacial score (nSPS) is 22.8. The van der Waals surface area contributed by atoms with E-state index in [1.54, 1.807) is 19.3 Å². The highest BCUT2D eigenvalue weighted by molar-refractivity contribution is 5.92. The first-order chi connectivity index (χ1) is 9.17. The highest BCUT2D eigenvalue weighted by Gasteiger charge is 2.24. The van der Waals surface area contributed by atoms with Crippen LogP contribution < -0.4 is 11.1 Å². The zero-order valence-electron chi connectivity index (χ0n) is 11.1. The second-order valence-corrected chi connectivity index (χ2v) is 4.88. The Morgan fingerprint density at radius 2 is 2.32 bits per heavy atom. The third kappa shape index (κ3) is 4.10. The van der Waals surface area contributed by atoms with Crippen molar-refractivity contribution < 1.29 is 9.53 Å². The lowest BCUT2D eigenvalue weighted by Gasteiger charge is -2.11. The fraction of sp³-hybridized carbons (Fsp3) is 0.400. The highest BCUT2D eigenvalue weighted by Crippen LogP contribution is 2.21. The number of carbonyl (C=O) groups is 1. The fourth-order valence-corrected chi connectivity index (χ4v) is 2.37. The number of anilines is 1. The first-order valence-corrected chi connectivity index (χ1v) is 6.54. The molecule has 0 aromatic heterocycles. The molecule has 19 heavy (non-hydrogen) atoms. The van der Waals surface area contributed by atoms with Gasteiger partial charge in [0.2, 0.25) is 5.91 Å². The smallest absolute Gasteiger partial charge is 0.244 e. The van der Waals surface area contributed by atoms with Gasteiger partial charge in [-0.1, -0.05) is 12.1 Å². The van der Waals surface area contributed by atoms with E-state index in [1.807, 2.05) is 24.3 Å². The lowest BCUT2D eigenvalue weighted by atomic mass is 10.2. The molecule has 0 radical (unpaired) electrons. The van der Waals surface area contributed by atoms with Crippen LogP contribution in [-0.4, -0.2) is 25.2 Å². The number of hydrogen-bond donors (Lipinski definition) is 2. The number of hydrogen-bond acceptors (Lipinski definition) is 3. The molecule has 4 nitrogen and oxygen atoms in total. The maximum atomic E-state index is 11.8. The first kappa shape index (κ1) is 13.6. The predicted molar refractivity (Wildman–Crippen MR) is 76.5 cm³/mol. The Kier molecular flexibility index (Phi) is 4.58. The average Bonchev–Trinajstić information content (AvgIpc) is 2.84.